The van der Waals surface area contributed by atoms with Crippen LogP contribution in [0.1, 0.15) is 38.4 Å². The molecule has 18 heteroatoms. The number of ether oxygens (including phenoxy) is 1. The van der Waals surface area contributed by atoms with Gasteiger partial charge in [0.25, 0.3) is 27.5 Å². The van der Waals surface area contributed by atoms with Gasteiger partial charge in [-0.2, -0.15) is 0 Å². The van der Waals surface area contributed by atoms with E-state index in [2.05, 4.69) is 20.6 Å². The monoisotopic (exact) mass is 838 g/mol. The normalized spacial score (nSPS) is 13.1. The molecule has 0 saturated heterocycles. The van der Waals surface area contributed by atoms with Gasteiger partial charge in [-0.3, -0.25) is 25.0 Å². The number of nitrogens with zero attached hydrogens (tertiary/aromatic N) is 5. The average Bonchev–Trinajstić information content (AvgIpc) is 3.62. The number of carbonyl (C=O) groups is 2. The summed E-state index contributed by atoms with van der Waals surface area (Å²) in [5.41, 5.74) is 2.07. The molecule has 0 spiro atoms. The first-order valence-electron chi connectivity index (χ1n) is 18.5. The predicted molar refractivity (Wildman–Crippen MR) is 223 cm³/mol. The van der Waals surface area contributed by atoms with Crippen molar-refractivity contribution in [3.63, 3.8) is 0 Å². The smallest absolute Gasteiger partial charge is 0.293 e. The molecule has 15 nitrogen and oxygen atoms in total. The number of carbonyl (C=O) groups excluding carboxylic acids is 2. The van der Waals surface area contributed by atoms with E-state index in [0.29, 0.717) is 58.4 Å². The Hall–Kier alpha value is -6.50. The number of aromatic nitrogens is 2. The van der Waals surface area contributed by atoms with Crippen molar-refractivity contribution in [2.75, 3.05) is 49.3 Å². The minimum Gasteiger partial charge on any atom is -0.491 e. The van der Waals surface area contributed by atoms with Gasteiger partial charge in [0.05, 0.1) is 26.1 Å². The number of anilines is 3. The van der Waals surface area contributed by atoms with Gasteiger partial charge in [0, 0.05) is 24.7 Å². The molecule has 59 heavy (non-hydrogen) atoms. The van der Waals surface area contributed by atoms with Crippen molar-refractivity contribution in [1.82, 2.24) is 19.6 Å². The van der Waals surface area contributed by atoms with Crippen molar-refractivity contribution >= 4 is 65.7 Å². The summed E-state index contributed by atoms with van der Waals surface area (Å²) in [5, 5.41) is 18.5. The number of para-hydroxylation sites is 1. The third kappa shape index (κ3) is 9.80. The lowest BCUT2D eigenvalue weighted by molar-refractivity contribution is -0.384. The summed E-state index contributed by atoms with van der Waals surface area (Å²) in [5.74, 6) is -0.820. The number of nitro benzene ring substituents is 1. The molecule has 3 heterocycles. The highest BCUT2D eigenvalue weighted by atomic mass is 32.2. The van der Waals surface area contributed by atoms with E-state index < -0.39 is 37.3 Å². The fourth-order valence-electron chi connectivity index (χ4n) is 6.56. The summed E-state index contributed by atoms with van der Waals surface area (Å²) >= 11 is 1.16. The van der Waals surface area contributed by atoms with Gasteiger partial charge in [-0.1, -0.05) is 47.7 Å². The Balaban J connectivity index is 1.04. The highest BCUT2D eigenvalue weighted by molar-refractivity contribution is 7.90. The Labute approximate surface area is 343 Å². The molecular formula is C41H39FN8O7S2. The van der Waals surface area contributed by atoms with Crippen molar-refractivity contribution in [1.29, 1.82) is 0 Å². The van der Waals surface area contributed by atoms with Crippen molar-refractivity contribution in [3.05, 3.63) is 141 Å². The van der Waals surface area contributed by atoms with E-state index in [1.54, 1.807) is 42.5 Å². The van der Waals surface area contributed by atoms with Gasteiger partial charge in [-0.15, -0.1) is 0 Å². The molecule has 0 saturated carbocycles. The molecular weight excluding hydrogens is 800 g/mol. The van der Waals surface area contributed by atoms with E-state index in [1.165, 1.54) is 30.3 Å². The third-order valence-electron chi connectivity index (χ3n) is 9.56. The second-order valence-electron chi connectivity index (χ2n) is 14.0. The van der Waals surface area contributed by atoms with Gasteiger partial charge in [0.1, 0.15) is 35.4 Å². The molecule has 4 aromatic carbocycles. The third-order valence-corrected chi connectivity index (χ3v) is 11.8. The zero-order valence-electron chi connectivity index (χ0n) is 31.9. The van der Waals surface area contributed by atoms with E-state index in [-0.39, 0.29) is 36.5 Å². The summed E-state index contributed by atoms with van der Waals surface area (Å²) in [4.78, 5) is 50.6. The van der Waals surface area contributed by atoms with Crippen LogP contribution in [-0.4, -0.2) is 79.9 Å². The summed E-state index contributed by atoms with van der Waals surface area (Å²) in [6.07, 6.45) is 1.12. The maximum Gasteiger partial charge on any atom is 0.293 e. The number of rotatable bonds is 15. The number of amides is 2. The number of thiazole rings is 1. The first-order valence-corrected chi connectivity index (χ1v) is 20.8. The van der Waals surface area contributed by atoms with Gasteiger partial charge in [0.15, 0.2) is 5.13 Å². The lowest BCUT2D eigenvalue weighted by atomic mass is 9.94. The average molecular weight is 839 g/mol. The fourth-order valence-corrected chi connectivity index (χ4v) is 8.43. The van der Waals surface area contributed by atoms with E-state index in [1.807, 2.05) is 52.9 Å². The van der Waals surface area contributed by atoms with Crippen LogP contribution in [0, 0.1) is 15.9 Å². The minimum atomic E-state index is -4.59. The van der Waals surface area contributed by atoms with Gasteiger partial charge >= 0.3 is 0 Å². The number of hydrogen-bond acceptors (Lipinski definition) is 13. The second kappa shape index (κ2) is 17.6. The molecule has 7 rings (SSSR count). The van der Waals surface area contributed by atoms with Crippen LogP contribution in [0.3, 0.4) is 0 Å². The molecule has 1 atom stereocenters. The van der Waals surface area contributed by atoms with E-state index in [0.717, 1.165) is 28.5 Å². The number of hydrogen-bond donors (Lipinski definition) is 3. The number of fused-ring (bicyclic) bond motifs is 2. The molecule has 1 aliphatic rings. The number of benzene rings is 4. The maximum absolute atomic E-state index is 13.7. The van der Waals surface area contributed by atoms with Crippen molar-refractivity contribution in [3.8, 4) is 5.75 Å². The Bertz CT molecular complexity index is 2640. The molecule has 6 aromatic rings. The van der Waals surface area contributed by atoms with Crippen LogP contribution < -0.4 is 25.0 Å². The SMILES string of the molecule is CN(C)CC[C@H](COc1ccccc1)Nc1ccc(S(=O)(=O)NC(=O)c2cccc(N3CCc4cccc(C(=O)Nc5nc6ccc(F)cc6s5)c4C3)n2)cc1[N+](=O)[O-]. The van der Waals surface area contributed by atoms with Crippen LogP contribution in [0.15, 0.2) is 108 Å². The first kappa shape index (κ1) is 40.7. The maximum atomic E-state index is 13.7. The zero-order chi connectivity index (χ0) is 41.7. The van der Waals surface area contributed by atoms with Gasteiger partial charge in [-0.05, 0) is 105 Å². The number of sulfonamides is 1. The van der Waals surface area contributed by atoms with Crippen LogP contribution in [0.2, 0.25) is 0 Å². The summed E-state index contributed by atoms with van der Waals surface area (Å²) in [7, 11) is -0.782. The van der Waals surface area contributed by atoms with E-state index in [9.17, 15) is 32.5 Å². The molecule has 3 N–H and O–H groups in total. The molecule has 0 radical (unpaired) electrons. The second-order valence-corrected chi connectivity index (χ2v) is 16.7. The van der Waals surface area contributed by atoms with Crippen LogP contribution in [0.4, 0.5) is 26.7 Å². The fraction of sp³-hybridized carbons (Fsp3) is 0.220. The van der Waals surface area contributed by atoms with Crippen molar-refractivity contribution in [2.45, 2.75) is 30.3 Å². The number of halogens is 1. The number of pyridine rings is 1. The molecule has 2 amide bonds. The molecule has 304 valence electrons. The van der Waals surface area contributed by atoms with Gasteiger partial charge in [0.2, 0.25) is 0 Å². The molecule has 0 bridgehead atoms. The highest BCUT2D eigenvalue weighted by Crippen LogP contribution is 2.31. The van der Waals surface area contributed by atoms with Gasteiger partial charge < -0.3 is 19.9 Å². The summed E-state index contributed by atoms with van der Waals surface area (Å²) in [6, 6.07) is 26.4. The predicted octanol–water partition coefficient (Wildman–Crippen LogP) is 6.48. The van der Waals surface area contributed by atoms with Crippen molar-refractivity contribution < 1.29 is 32.1 Å². The summed E-state index contributed by atoms with van der Waals surface area (Å²) < 4.78 is 49.2. The Kier molecular flexibility index (Phi) is 12.1. The molecule has 0 unspecified atom stereocenters. The Morgan fingerprint density at radius 3 is 2.56 bits per heavy atom. The van der Waals surface area contributed by atoms with Crippen LogP contribution in [0.5, 0.6) is 5.75 Å². The standard InChI is InChI=1S/C41H39FN8O7S2/c1-48(2)20-19-28(25-57-29-9-4-3-5-10-29)43-33-17-15-30(23-36(33)50(53)54)59(55,56)47-40(52)35-12-7-13-38(44-35)49-21-18-26-8-6-11-31(32(26)24-49)39(51)46-41-45-34-16-14-27(42)22-37(34)58-41/h3-17,22-23,28,43H,18-21,24-25H2,1-2H3,(H,47,52)(H,45,46,51)/t28-/m1/s1. The number of nitrogens with one attached hydrogen (secondary N) is 3. The zero-order valence-corrected chi connectivity index (χ0v) is 33.6. The van der Waals surface area contributed by atoms with Gasteiger partial charge in [-0.25, -0.2) is 27.5 Å². The highest BCUT2D eigenvalue weighted by Gasteiger charge is 2.27. The minimum absolute atomic E-state index is 0.0900. The lowest BCUT2D eigenvalue weighted by Gasteiger charge is -2.31. The van der Waals surface area contributed by atoms with E-state index >= 15 is 0 Å². The van der Waals surface area contributed by atoms with Crippen LogP contribution in [-0.2, 0) is 23.0 Å². The summed E-state index contributed by atoms with van der Waals surface area (Å²) in [6.45, 7) is 1.60. The Morgan fingerprint density at radius 1 is 0.983 bits per heavy atom. The first-order chi connectivity index (χ1) is 28.3. The van der Waals surface area contributed by atoms with Crippen LogP contribution in [0.25, 0.3) is 10.2 Å². The molecule has 0 aliphatic carbocycles. The van der Waals surface area contributed by atoms with Crippen molar-refractivity contribution in [2.24, 2.45) is 0 Å². The largest absolute Gasteiger partial charge is 0.491 e. The lowest BCUT2D eigenvalue weighted by Crippen LogP contribution is -2.34. The van der Waals surface area contributed by atoms with E-state index in [4.69, 9.17) is 4.74 Å². The quantitative estimate of drug-likeness (QED) is 0.0755. The van der Waals surface area contributed by atoms with Crippen LogP contribution >= 0.6 is 11.3 Å². The Morgan fingerprint density at radius 2 is 1.78 bits per heavy atom. The molecule has 2 aromatic heterocycles. The molecule has 0 fully saturated rings. The topological polar surface area (TPSA) is 189 Å². The molecule has 1 aliphatic heterocycles. The number of nitro groups is 1.